The summed E-state index contributed by atoms with van der Waals surface area (Å²) >= 11 is 0. The maximum absolute atomic E-state index is 14.3. The van der Waals surface area contributed by atoms with Crippen molar-refractivity contribution >= 4 is 24.1 Å². The maximum Gasteiger partial charge on any atom is 0.273 e. The first-order valence-electron chi connectivity index (χ1n) is 10.2. The van der Waals surface area contributed by atoms with Gasteiger partial charge in [-0.2, -0.15) is 0 Å². The maximum atomic E-state index is 14.3. The molecule has 6 nitrogen and oxygen atoms in total. The van der Waals surface area contributed by atoms with Crippen molar-refractivity contribution in [2.45, 2.75) is 32.4 Å². The van der Waals surface area contributed by atoms with E-state index < -0.39 is 11.6 Å². The number of carbonyl (C=O) groups is 1. The number of halogens is 3. The van der Waals surface area contributed by atoms with Crippen molar-refractivity contribution in [3.63, 3.8) is 0 Å². The van der Waals surface area contributed by atoms with Crippen molar-refractivity contribution in [3.8, 4) is 11.3 Å². The Kier molecular flexibility index (Phi) is 7.37. The third kappa shape index (κ3) is 4.87. The molecule has 4 rings (SSSR count). The molecule has 1 atom stereocenters. The minimum Gasteiger partial charge on any atom is -0.382 e. The van der Waals surface area contributed by atoms with Gasteiger partial charge in [0.05, 0.1) is 11.9 Å². The first-order valence-corrected chi connectivity index (χ1v) is 10.2. The van der Waals surface area contributed by atoms with Crippen LogP contribution < -0.4 is 16.4 Å². The summed E-state index contributed by atoms with van der Waals surface area (Å²) in [6.45, 7) is 2.77. The second-order valence-electron chi connectivity index (χ2n) is 7.48. The zero-order valence-corrected chi connectivity index (χ0v) is 18.3. The van der Waals surface area contributed by atoms with Gasteiger partial charge in [0, 0.05) is 36.3 Å². The first kappa shape index (κ1) is 23.6. The lowest BCUT2D eigenvalue weighted by Gasteiger charge is -2.15. The lowest BCUT2D eigenvalue weighted by atomic mass is 10.1. The van der Waals surface area contributed by atoms with Crippen LogP contribution >= 0.6 is 12.4 Å². The molecular weight excluding hydrogens is 436 g/mol. The molecule has 0 saturated carbocycles. The number of hydrogen-bond donors (Lipinski definition) is 3. The fraction of sp³-hybridized carbons (Fsp3) is 0.261. The molecule has 1 aliphatic rings. The lowest BCUT2D eigenvalue weighted by Crippen LogP contribution is -2.25. The summed E-state index contributed by atoms with van der Waals surface area (Å²) in [5.41, 5.74) is 9.46. The molecule has 2 aromatic carbocycles. The number of nitrogens with zero attached hydrogens (tertiary/aromatic N) is 2. The Hall–Kier alpha value is -3.10. The predicted octanol–water partition coefficient (Wildman–Crippen LogP) is 3.95. The Bertz CT molecular complexity index is 1140. The van der Waals surface area contributed by atoms with Crippen molar-refractivity contribution in [1.29, 1.82) is 0 Å². The number of nitrogens with two attached hydrogens (primary N) is 1. The van der Waals surface area contributed by atoms with Crippen LogP contribution in [0.2, 0.25) is 0 Å². The molecule has 3 aromatic rings. The first-order chi connectivity index (χ1) is 15.0. The number of benzene rings is 2. The van der Waals surface area contributed by atoms with Crippen LogP contribution in [0, 0.1) is 11.6 Å². The summed E-state index contributed by atoms with van der Waals surface area (Å²) in [6, 6.07) is 9.82. The van der Waals surface area contributed by atoms with Crippen LogP contribution in [-0.4, -0.2) is 22.4 Å². The molecule has 0 bridgehead atoms. The Labute approximate surface area is 191 Å². The molecule has 1 aliphatic carbocycles. The van der Waals surface area contributed by atoms with E-state index in [4.69, 9.17) is 5.73 Å². The average Bonchev–Trinajstić information content (AvgIpc) is 3.16. The highest BCUT2D eigenvalue weighted by Crippen LogP contribution is 2.34. The number of nitrogens with one attached hydrogen (secondary N) is 2. The number of amides is 1. The summed E-state index contributed by atoms with van der Waals surface area (Å²) in [5.74, 6) is -1.34. The molecule has 1 aromatic heterocycles. The second kappa shape index (κ2) is 10.0. The van der Waals surface area contributed by atoms with E-state index in [0.29, 0.717) is 37.2 Å². The Morgan fingerprint density at radius 3 is 2.84 bits per heavy atom. The highest BCUT2D eigenvalue weighted by atomic mass is 35.5. The van der Waals surface area contributed by atoms with Crippen molar-refractivity contribution in [3.05, 3.63) is 76.6 Å². The standard InChI is InChI=1S/C23H23F2N5O.ClH/c1-2-27-23(31)21-22(26)29-12-19(30-21)14-5-3-4-13(8-14)11-28-18-7-6-15-9-16(24)10-17(25)20(15)18;/h3-5,8-10,12,18,28H,2,6-7,11H2,1H3,(H2,26,29)(H,27,31);1H. The normalized spacial score (nSPS) is 14.5. The fourth-order valence-electron chi connectivity index (χ4n) is 3.91. The zero-order valence-electron chi connectivity index (χ0n) is 17.5. The van der Waals surface area contributed by atoms with Gasteiger partial charge in [-0.05, 0) is 43.0 Å². The van der Waals surface area contributed by atoms with Crippen molar-refractivity contribution in [2.75, 3.05) is 12.3 Å². The summed E-state index contributed by atoms with van der Waals surface area (Å²) in [4.78, 5) is 20.6. The molecule has 32 heavy (non-hydrogen) atoms. The van der Waals surface area contributed by atoms with Gasteiger partial charge in [-0.25, -0.2) is 18.7 Å². The number of hydrogen-bond acceptors (Lipinski definition) is 5. The van der Waals surface area contributed by atoms with Crippen LogP contribution in [-0.2, 0) is 13.0 Å². The van der Waals surface area contributed by atoms with Crippen molar-refractivity contribution < 1.29 is 13.6 Å². The smallest absolute Gasteiger partial charge is 0.273 e. The van der Waals surface area contributed by atoms with Gasteiger partial charge >= 0.3 is 0 Å². The average molecular weight is 460 g/mol. The van der Waals surface area contributed by atoms with E-state index in [1.54, 1.807) is 0 Å². The Morgan fingerprint density at radius 1 is 1.25 bits per heavy atom. The van der Waals surface area contributed by atoms with Gasteiger partial charge in [-0.15, -0.1) is 12.4 Å². The minimum absolute atomic E-state index is 0. The fourth-order valence-corrected chi connectivity index (χ4v) is 3.91. The number of nitrogen functional groups attached to an aromatic ring is 1. The highest BCUT2D eigenvalue weighted by molar-refractivity contribution is 5.96. The largest absolute Gasteiger partial charge is 0.382 e. The molecule has 0 fully saturated rings. The molecule has 1 unspecified atom stereocenters. The Balaban J connectivity index is 0.00000289. The molecular formula is C23H24ClF2N5O. The van der Waals surface area contributed by atoms with E-state index in [1.807, 2.05) is 31.2 Å². The van der Waals surface area contributed by atoms with Gasteiger partial charge in [-0.1, -0.05) is 18.2 Å². The second-order valence-corrected chi connectivity index (χ2v) is 7.48. The molecule has 9 heteroatoms. The van der Waals surface area contributed by atoms with Gasteiger partial charge in [0.25, 0.3) is 5.91 Å². The lowest BCUT2D eigenvalue weighted by molar-refractivity contribution is 0.0951. The molecule has 1 heterocycles. The van der Waals surface area contributed by atoms with E-state index in [2.05, 4.69) is 20.6 Å². The van der Waals surface area contributed by atoms with Crippen molar-refractivity contribution in [2.24, 2.45) is 0 Å². The van der Waals surface area contributed by atoms with Crippen LogP contribution in [0.1, 0.15) is 46.6 Å². The number of aryl methyl sites for hydroxylation is 1. The number of fused-ring (bicyclic) bond motifs is 1. The number of carbonyl (C=O) groups excluding carboxylic acids is 1. The van der Waals surface area contributed by atoms with E-state index in [1.165, 1.54) is 12.3 Å². The van der Waals surface area contributed by atoms with E-state index in [9.17, 15) is 13.6 Å². The number of anilines is 1. The van der Waals surface area contributed by atoms with E-state index >= 15 is 0 Å². The molecule has 0 radical (unpaired) electrons. The van der Waals surface area contributed by atoms with Crippen LogP contribution in [0.25, 0.3) is 11.3 Å². The van der Waals surface area contributed by atoms with Crippen molar-refractivity contribution in [1.82, 2.24) is 20.6 Å². The van der Waals surface area contributed by atoms with Crippen LogP contribution in [0.4, 0.5) is 14.6 Å². The van der Waals surface area contributed by atoms with Gasteiger partial charge < -0.3 is 16.4 Å². The molecule has 1 amide bonds. The SMILES string of the molecule is CCNC(=O)c1nc(-c2cccc(CNC3CCc4cc(F)cc(F)c43)c2)cnc1N.Cl. The zero-order chi connectivity index (χ0) is 22.0. The van der Waals surface area contributed by atoms with Gasteiger partial charge in [0.1, 0.15) is 11.6 Å². The van der Waals surface area contributed by atoms with Crippen LogP contribution in [0.15, 0.2) is 42.6 Å². The number of aromatic nitrogens is 2. The highest BCUT2D eigenvalue weighted by Gasteiger charge is 2.26. The Morgan fingerprint density at radius 2 is 2.06 bits per heavy atom. The molecule has 168 valence electrons. The van der Waals surface area contributed by atoms with Crippen LogP contribution in [0.3, 0.4) is 0 Å². The summed E-state index contributed by atoms with van der Waals surface area (Å²) in [6.07, 6.45) is 2.89. The molecule has 4 N–H and O–H groups in total. The third-order valence-electron chi connectivity index (χ3n) is 5.36. The third-order valence-corrected chi connectivity index (χ3v) is 5.36. The van der Waals surface area contributed by atoms with Gasteiger partial charge in [-0.3, -0.25) is 4.79 Å². The molecule has 0 saturated heterocycles. The van der Waals surface area contributed by atoms with Gasteiger partial charge in [0.15, 0.2) is 11.5 Å². The molecule has 0 aliphatic heterocycles. The monoisotopic (exact) mass is 459 g/mol. The van der Waals surface area contributed by atoms with E-state index in [0.717, 1.165) is 22.8 Å². The molecule has 0 spiro atoms. The quantitative estimate of drug-likeness (QED) is 0.519. The topological polar surface area (TPSA) is 92.9 Å². The van der Waals surface area contributed by atoms with Crippen LogP contribution in [0.5, 0.6) is 0 Å². The minimum atomic E-state index is -0.541. The predicted molar refractivity (Wildman–Crippen MR) is 121 cm³/mol. The van der Waals surface area contributed by atoms with E-state index in [-0.39, 0.29) is 35.9 Å². The summed E-state index contributed by atoms with van der Waals surface area (Å²) in [7, 11) is 0. The number of rotatable bonds is 6. The summed E-state index contributed by atoms with van der Waals surface area (Å²) < 4.78 is 27.7. The van der Waals surface area contributed by atoms with Gasteiger partial charge in [0.2, 0.25) is 0 Å². The summed E-state index contributed by atoms with van der Waals surface area (Å²) in [5, 5.41) is 6.04.